The van der Waals surface area contributed by atoms with Gasteiger partial charge in [0.25, 0.3) is 0 Å². The number of halogens is 1. The molecule has 0 amide bonds. The van der Waals surface area contributed by atoms with Crippen molar-refractivity contribution in [2.75, 3.05) is 0 Å². The summed E-state index contributed by atoms with van der Waals surface area (Å²) in [6.45, 7) is 4.37. The van der Waals surface area contributed by atoms with Gasteiger partial charge in [0.05, 0.1) is 6.20 Å². The fraction of sp³-hybridized carbons (Fsp3) is 0.308. The molecule has 0 N–H and O–H groups in total. The van der Waals surface area contributed by atoms with Crippen LogP contribution in [0, 0.1) is 3.57 Å². The van der Waals surface area contributed by atoms with Crippen LogP contribution in [0.4, 0.5) is 0 Å². The van der Waals surface area contributed by atoms with E-state index in [0.29, 0.717) is 6.04 Å². The summed E-state index contributed by atoms with van der Waals surface area (Å²) < 4.78 is 3.31. The second-order valence-corrected chi connectivity index (χ2v) is 5.11. The maximum Gasteiger partial charge on any atom is 0.0568 e. The average Bonchev–Trinajstić information content (AvgIpc) is 2.78. The minimum Gasteiger partial charge on any atom is -0.269 e. The quantitative estimate of drug-likeness (QED) is 0.776. The van der Waals surface area contributed by atoms with Gasteiger partial charge in [0.2, 0.25) is 0 Å². The van der Waals surface area contributed by atoms with Gasteiger partial charge in [-0.3, -0.25) is 4.68 Å². The third-order valence-corrected chi connectivity index (χ3v) is 3.77. The molecule has 0 radical (unpaired) electrons. The van der Waals surface area contributed by atoms with E-state index < -0.39 is 0 Å². The van der Waals surface area contributed by atoms with Crippen LogP contribution in [-0.2, 0) is 0 Å². The lowest BCUT2D eigenvalue weighted by atomic mass is 10.1. The summed E-state index contributed by atoms with van der Waals surface area (Å²) in [7, 11) is 0. The molecular weight excluding hydrogens is 311 g/mol. The van der Waals surface area contributed by atoms with Gasteiger partial charge in [0, 0.05) is 21.4 Å². The zero-order valence-electron chi connectivity index (χ0n) is 9.52. The Kier molecular flexibility index (Phi) is 3.63. The van der Waals surface area contributed by atoms with Gasteiger partial charge in [-0.2, -0.15) is 5.10 Å². The van der Waals surface area contributed by atoms with Crippen molar-refractivity contribution in [2.45, 2.75) is 26.3 Å². The maximum atomic E-state index is 4.42. The third kappa shape index (κ3) is 2.29. The molecule has 0 fully saturated rings. The van der Waals surface area contributed by atoms with Gasteiger partial charge in [-0.1, -0.05) is 25.1 Å². The molecule has 1 heterocycles. The van der Waals surface area contributed by atoms with Crippen LogP contribution in [-0.4, -0.2) is 9.78 Å². The van der Waals surface area contributed by atoms with E-state index in [-0.39, 0.29) is 0 Å². The number of benzene rings is 1. The van der Waals surface area contributed by atoms with E-state index in [9.17, 15) is 0 Å². The molecule has 0 spiro atoms. The van der Waals surface area contributed by atoms with Crippen LogP contribution in [0.15, 0.2) is 36.7 Å². The Morgan fingerprint density at radius 2 is 2.12 bits per heavy atom. The molecule has 1 aromatic heterocycles. The molecule has 16 heavy (non-hydrogen) atoms. The lowest BCUT2D eigenvalue weighted by Gasteiger charge is -2.07. The highest BCUT2D eigenvalue weighted by atomic mass is 127. The highest BCUT2D eigenvalue weighted by molar-refractivity contribution is 14.1. The summed E-state index contributed by atoms with van der Waals surface area (Å²) in [5, 5.41) is 4.42. The van der Waals surface area contributed by atoms with Gasteiger partial charge in [0.15, 0.2) is 0 Å². The normalized spacial score (nSPS) is 12.7. The van der Waals surface area contributed by atoms with Crippen molar-refractivity contribution in [1.82, 2.24) is 9.78 Å². The molecule has 0 aliphatic carbocycles. The van der Waals surface area contributed by atoms with Crippen molar-refractivity contribution in [1.29, 1.82) is 0 Å². The zero-order valence-corrected chi connectivity index (χ0v) is 11.7. The Morgan fingerprint density at radius 3 is 2.81 bits per heavy atom. The molecule has 2 rings (SSSR count). The average molecular weight is 326 g/mol. The summed E-state index contributed by atoms with van der Waals surface area (Å²) >= 11 is 2.36. The minimum atomic E-state index is 0.468. The Morgan fingerprint density at radius 1 is 1.38 bits per heavy atom. The van der Waals surface area contributed by atoms with Crippen LogP contribution in [0.25, 0.3) is 11.1 Å². The largest absolute Gasteiger partial charge is 0.269 e. The molecule has 0 aliphatic heterocycles. The Labute approximate surface area is 110 Å². The van der Waals surface area contributed by atoms with Crippen LogP contribution in [0.3, 0.4) is 0 Å². The number of hydrogen-bond donors (Lipinski definition) is 0. The molecule has 0 saturated heterocycles. The van der Waals surface area contributed by atoms with E-state index in [2.05, 4.69) is 72.0 Å². The monoisotopic (exact) mass is 326 g/mol. The second-order valence-electron chi connectivity index (χ2n) is 3.95. The first-order valence-electron chi connectivity index (χ1n) is 5.51. The molecule has 0 saturated carbocycles. The fourth-order valence-electron chi connectivity index (χ4n) is 1.60. The van der Waals surface area contributed by atoms with E-state index in [1.165, 1.54) is 14.7 Å². The molecule has 0 aliphatic rings. The van der Waals surface area contributed by atoms with E-state index in [1.54, 1.807) is 0 Å². The minimum absolute atomic E-state index is 0.468. The molecule has 84 valence electrons. The van der Waals surface area contributed by atoms with Crippen molar-refractivity contribution in [3.05, 3.63) is 40.2 Å². The van der Waals surface area contributed by atoms with Crippen molar-refractivity contribution in [2.24, 2.45) is 0 Å². The molecule has 2 aromatic rings. The van der Waals surface area contributed by atoms with Gasteiger partial charge < -0.3 is 0 Å². The van der Waals surface area contributed by atoms with Gasteiger partial charge in [-0.05, 0) is 47.6 Å². The smallest absolute Gasteiger partial charge is 0.0568 e. The lowest BCUT2D eigenvalue weighted by Crippen LogP contribution is -2.03. The predicted molar refractivity (Wildman–Crippen MR) is 75.4 cm³/mol. The fourth-order valence-corrected chi connectivity index (χ4v) is 2.30. The van der Waals surface area contributed by atoms with E-state index in [4.69, 9.17) is 0 Å². The Balaban J connectivity index is 2.35. The first kappa shape index (κ1) is 11.6. The first-order valence-corrected chi connectivity index (χ1v) is 6.59. The Bertz CT molecular complexity index is 476. The first-order chi connectivity index (χ1) is 7.72. The number of aromatic nitrogens is 2. The number of rotatable bonds is 3. The molecule has 1 atom stereocenters. The Hall–Kier alpha value is -0.840. The number of hydrogen-bond acceptors (Lipinski definition) is 1. The summed E-state index contributed by atoms with van der Waals surface area (Å²) in [6.07, 6.45) is 5.18. The van der Waals surface area contributed by atoms with Crippen LogP contribution in [0.2, 0.25) is 0 Å². The van der Waals surface area contributed by atoms with Gasteiger partial charge in [0.1, 0.15) is 0 Å². The predicted octanol–water partition coefficient (Wildman–Crippen LogP) is 4.13. The molecule has 3 heteroatoms. The van der Waals surface area contributed by atoms with E-state index in [1.807, 2.05) is 10.9 Å². The molecule has 1 unspecified atom stereocenters. The number of nitrogens with zero attached hydrogens (tertiary/aromatic N) is 2. The highest BCUT2D eigenvalue weighted by Crippen LogP contribution is 2.25. The van der Waals surface area contributed by atoms with Crippen LogP contribution in [0.1, 0.15) is 26.3 Å². The van der Waals surface area contributed by atoms with Crippen LogP contribution < -0.4 is 0 Å². The van der Waals surface area contributed by atoms with E-state index >= 15 is 0 Å². The van der Waals surface area contributed by atoms with Gasteiger partial charge >= 0.3 is 0 Å². The van der Waals surface area contributed by atoms with Crippen LogP contribution in [0.5, 0.6) is 0 Å². The second kappa shape index (κ2) is 4.99. The van der Waals surface area contributed by atoms with Gasteiger partial charge in [-0.25, -0.2) is 0 Å². The highest BCUT2D eigenvalue weighted by Gasteiger charge is 2.07. The summed E-state index contributed by atoms with van der Waals surface area (Å²) in [6, 6.07) is 8.86. The third-order valence-electron chi connectivity index (χ3n) is 2.83. The summed E-state index contributed by atoms with van der Waals surface area (Å²) in [4.78, 5) is 0. The summed E-state index contributed by atoms with van der Waals surface area (Å²) in [5.41, 5.74) is 2.46. The summed E-state index contributed by atoms with van der Waals surface area (Å²) in [5.74, 6) is 0. The lowest BCUT2D eigenvalue weighted by molar-refractivity contribution is 0.478. The van der Waals surface area contributed by atoms with E-state index in [0.717, 1.165) is 6.42 Å². The molecule has 1 aromatic carbocycles. The molecule has 2 nitrogen and oxygen atoms in total. The van der Waals surface area contributed by atoms with Gasteiger partial charge in [-0.15, -0.1) is 0 Å². The van der Waals surface area contributed by atoms with Crippen molar-refractivity contribution in [3.8, 4) is 11.1 Å². The van der Waals surface area contributed by atoms with Crippen molar-refractivity contribution < 1.29 is 0 Å². The SMILES string of the molecule is CCC(C)n1cc(-c2ccccc2I)cn1. The molecule has 0 bridgehead atoms. The maximum absolute atomic E-state index is 4.42. The van der Waals surface area contributed by atoms with Crippen molar-refractivity contribution in [3.63, 3.8) is 0 Å². The van der Waals surface area contributed by atoms with Crippen molar-refractivity contribution >= 4 is 22.6 Å². The standard InChI is InChI=1S/C13H15IN2/c1-3-10(2)16-9-11(8-15-16)12-6-4-5-7-13(12)14/h4-10H,3H2,1-2H3. The molecular formula is C13H15IN2. The topological polar surface area (TPSA) is 17.8 Å². The zero-order chi connectivity index (χ0) is 11.5. The van der Waals surface area contributed by atoms with Crippen LogP contribution >= 0.6 is 22.6 Å².